The number of nitrogens with zero attached hydrogens (tertiary/aromatic N) is 1. The first kappa shape index (κ1) is 11.2. The molecule has 1 heterocycles. The minimum Gasteiger partial charge on any atom is -0.348 e. The monoisotopic (exact) mass is 216 g/mol. The number of aryl methyl sites for hydroxylation is 1. The van der Waals surface area contributed by atoms with Gasteiger partial charge in [-0.05, 0) is 43.0 Å². The summed E-state index contributed by atoms with van der Waals surface area (Å²) in [6.07, 6.45) is 3.35. The topological polar surface area (TPSA) is 17.0 Å². The Labute approximate surface area is 97.3 Å². The summed E-state index contributed by atoms with van der Waals surface area (Å²) in [5, 5.41) is 4.77. The quantitative estimate of drug-likeness (QED) is 0.760. The summed E-state index contributed by atoms with van der Waals surface area (Å²) >= 11 is 0. The molecule has 0 saturated carbocycles. The number of hydrogen-bond acceptors (Lipinski definition) is 1. The molecule has 1 N–H and O–H groups in total. The first-order valence-electron chi connectivity index (χ1n) is 6.13. The lowest BCUT2D eigenvalue weighted by atomic mass is 10.1. The summed E-state index contributed by atoms with van der Waals surface area (Å²) in [7, 11) is 0. The van der Waals surface area contributed by atoms with Gasteiger partial charge in [-0.15, -0.1) is 0 Å². The van der Waals surface area contributed by atoms with Crippen LogP contribution in [0.1, 0.15) is 25.8 Å². The molecule has 0 unspecified atom stereocenters. The van der Waals surface area contributed by atoms with E-state index in [4.69, 9.17) is 0 Å². The van der Waals surface area contributed by atoms with Crippen molar-refractivity contribution in [1.82, 2.24) is 9.88 Å². The Morgan fingerprint density at radius 2 is 2.06 bits per heavy atom. The van der Waals surface area contributed by atoms with Gasteiger partial charge in [0.15, 0.2) is 0 Å². The van der Waals surface area contributed by atoms with E-state index in [9.17, 15) is 0 Å². The SMILES string of the molecule is CCCNCc1ccc2ccn(CC)c2c1. The maximum absolute atomic E-state index is 3.44. The number of rotatable bonds is 5. The minimum absolute atomic E-state index is 0.971. The molecule has 0 atom stereocenters. The first-order chi connectivity index (χ1) is 7.85. The molecule has 0 spiro atoms. The van der Waals surface area contributed by atoms with Gasteiger partial charge in [-0.2, -0.15) is 0 Å². The molecule has 2 rings (SSSR count). The van der Waals surface area contributed by atoms with Crippen molar-refractivity contribution in [1.29, 1.82) is 0 Å². The Kier molecular flexibility index (Phi) is 3.62. The number of hydrogen-bond donors (Lipinski definition) is 1. The fourth-order valence-corrected chi connectivity index (χ4v) is 2.02. The van der Waals surface area contributed by atoms with Crippen molar-refractivity contribution in [2.75, 3.05) is 6.54 Å². The van der Waals surface area contributed by atoms with Gasteiger partial charge in [0.25, 0.3) is 0 Å². The summed E-state index contributed by atoms with van der Waals surface area (Å²) in [5.41, 5.74) is 2.72. The van der Waals surface area contributed by atoms with Crippen LogP contribution in [0.15, 0.2) is 30.5 Å². The van der Waals surface area contributed by atoms with Gasteiger partial charge in [0.05, 0.1) is 0 Å². The minimum atomic E-state index is 0.971. The van der Waals surface area contributed by atoms with Crippen LogP contribution in [0.3, 0.4) is 0 Å². The van der Waals surface area contributed by atoms with E-state index in [2.05, 4.69) is 54.2 Å². The third kappa shape index (κ3) is 2.27. The Balaban J connectivity index is 2.20. The lowest BCUT2D eigenvalue weighted by Gasteiger charge is -2.05. The van der Waals surface area contributed by atoms with Crippen molar-refractivity contribution >= 4 is 10.9 Å². The molecule has 0 bridgehead atoms. The summed E-state index contributed by atoms with van der Waals surface area (Å²) < 4.78 is 2.29. The smallest absolute Gasteiger partial charge is 0.0483 e. The van der Waals surface area contributed by atoms with Gasteiger partial charge in [0, 0.05) is 24.8 Å². The van der Waals surface area contributed by atoms with E-state index >= 15 is 0 Å². The molecule has 2 aromatic rings. The second-order valence-electron chi connectivity index (χ2n) is 4.17. The highest BCUT2D eigenvalue weighted by Crippen LogP contribution is 2.17. The van der Waals surface area contributed by atoms with Crippen molar-refractivity contribution in [3.8, 4) is 0 Å². The van der Waals surface area contributed by atoms with E-state index in [-0.39, 0.29) is 0 Å². The maximum Gasteiger partial charge on any atom is 0.0483 e. The summed E-state index contributed by atoms with van der Waals surface area (Å²) in [6, 6.07) is 8.90. The van der Waals surface area contributed by atoms with Crippen molar-refractivity contribution in [2.45, 2.75) is 33.4 Å². The third-order valence-electron chi connectivity index (χ3n) is 2.93. The lowest BCUT2D eigenvalue weighted by molar-refractivity contribution is 0.675. The summed E-state index contributed by atoms with van der Waals surface area (Å²) in [6.45, 7) is 7.47. The highest BCUT2D eigenvalue weighted by Gasteiger charge is 2.00. The van der Waals surface area contributed by atoms with Gasteiger partial charge in [0.2, 0.25) is 0 Å². The zero-order valence-electron chi connectivity index (χ0n) is 10.2. The maximum atomic E-state index is 3.44. The van der Waals surface area contributed by atoms with Gasteiger partial charge in [0.1, 0.15) is 0 Å². The Hall–Kier alpha value is -1.28. The molecule has 86 valence electrons. The van der Waals surface area contributed by atoms with E-state index < -0.39 is 0 Å². The first-order valence-corrected chi connectivity index (χ1v) is 6.13. The fraction of sp³-hybridized carbons (Fsp3) is 0.429. The van der Waals surface area contributed by atoms with Gasteiger partial charge >= 0.3 is 0 Å². The highest BCUT2D eigenvalue weighted by molar-refractivity contribution is 5.80. The Bertz CT molecular complexity index is 457. The van der Waals surface area contributed by atoms with Gasteiger partial charge in [-0.3, -0.25) is 0 Å². The van der Waals surface area contributed by atoms with E-state index in [1.54, 1.807) is 0 Å². The van der Waals surface area contributed by atoms with Crippen molar-refractivity contribution in [3.05, 3.63) is 36.0 Å². The molecular formula is C14H20N2. The average molecular weight is 216 g/mol. The zero-order valence-corrected chi connectivity index (χ0v) is 10.2. The number of aromatic nitrogens is 1. The van der Waals surface area contributed by atoms with Crippen LogP contribution in [0.25, 0.3) is 10.9 Å². The molecule has 0 saturated heterocycles. The van der Waals surface area contributed by atoms with E-state index in [1.165, 1.54) is 22.9 Å². The second kappa shape index (κ2) is 5.17. The second-order valence-corrected chi connectivity index (χ2v) is 4.17. The third-order valence-corrected chi connectivity index (χ3v) is 2.93. The molecule has 0 aliphatic carbocycles. The average Bonchev–Trinajstić information content (AvgIpc) is 2.71. The molecule has 16 heavy (non-hydrogen) atoms. The van der Waals surface area contributed by atoms with Gasteiger partial charge in [-0.1, -0.05) is 19.1 Å². The van der Waals surface area contributed by atoms with Crippen LogP contribution < -0.4 is 5.32 Å². The molecular weight excluding hydrogens is 196 g/mol. The molecule has 0 radical (unpaired) electrons. The largest absolute Gasteiger partial charge is 0.348 e. The molecule has 2 heteroatoms. The standard InChI is InChI=1S/C14H20N2/c1-3-8-15-11-12-5-6-13-7-9-16(4-2)14(13)10-12/h5-7,9-10,15H,3-4,8,11H2,1-2H3. The molecule has 0 aliphatic rings. The normalized spacial score (nSPS) is 11.1. The van der Waals surface area contributed by atoms with Crippen LogP contribution in [-0.4, -0.2) is 11.1 Å². The fourth-order valence-electron chi connectivity index (χ4n) is 2.02. The molecule has 1 aromatic carbocycles. The molecule has 1 aromatic heterocycles. The highest BCUT2D eigenvalue weighted by atomic mass is 14.9. The predicted molar refractivity (Wildman–Crippen MR) is 69.6 cm³/mol. The van der Waals surface area contributed by atoms with Crippen molar-refractivity contribution in [3.63, 3.8) is 0 Å². The van der Waals surface area contributed by atoms with Crippen LogP contribution >= 0.6 is 0 Å². The van der Waals surface area contributed by atoms with E-state index in [0.29, 0.717) is 0 Å². The Morgan fingerprint density at radius 1 is 1.19 bits per heavy atom. The number of nitrogens with one attached hydrogen (secondary N) is 1. The van der Waals surface area contributed by atoms with Crippen LogP contribution in [-0.2, 0) is 13.1 Å². The molecule has 0 fully saturated rings. The van der Waals surface area contributed by atoms with Crippen LogP contribution in [0.2, 0.25) is 0 Å². The zero-order chi connectivity index (χ0) is 11.4. The predicted octanol–water partition coefficient (Wildman–Crippen LogP) is 3.16. The number of fused-ring (bicyclic) bond motifs is 1. The summed E-state index contributed by atoms with van der Waals surface area (Å²) in [5.74, 6) is 0. The van der Waals surface area contributed by atoms with Gasteiger partial charge in [-0.25, -0.2) is 0 Å². The van der Waals surface area contributed by atoms with E-state index in [0.717, 1.165) is 19.6 Å². The summed E-state index contributed by atoms with van der Waals surface area (Å²) in [4.78, 5) is 0. The van der Waals surface area contributed by atoms with Crippen LogP contribution in [0, 0.1) is 0 Å². The van der Waals surface area contributed by atoms with Crippen LogP contribution in [0.5, 0.6) is 0 Å². The Morgan fingerprint density at radius 3 is 2.81 bits per heavy atom. The molecule has 0 amide bonds. The number of benzene rings is 1. The molecule has 2 nitrogen and oxygen atoms in total. The van der Waals surface area contributed by atoms with Crippen LogP contribution in [0.4, 0.5) is 0 Å². The van der Waals surface area contributed by atoms with Gasteiger partial charge < -0.3 is 9.88 Å². The molecule has 0 aliphatic heterocycles. The lowest BCUT2D eigenvalue weighted by Crippen LogP contribution is -2.13. The van der Waals surface area contributed by atoms with Crippen molar-refractivity contribution in [2.24, 2.45) is 0 Å². The van der Waals surface area contributed by atoms with E-state index in [1.807, 2.05) is 0 Å². The van der Waals surface area contributed by atoms with Crippen molar-refractivity contribution < 1.29 is 0 Å².